The van der Waals surface area contributed by atoms with E-state index in [-0.39, 0.29) is 21.8 Å². The Morgan fingerprint density at radius 3 is 2.65 bits per heavy atom. The van der Waals surface area contributed by atoms with E-state index < -0.39 is 15.9 Å². The van der Waals surface area contributed by atoms with Gasteiger partial charge in [0.2, 0.25) is 0 Å². The second kappa shape index (κ2) is 10.0. The number of ether oxygens (including phenoxy) is 1. The molecule has 1 atom stereocenters. The smallest absolute Gasteiger partial charge is 0.268 e. The summed E-state index contributed by atoms with van der Waals surface area (Å²) in [5.74, 6) is 0.567. The van der Waals surface area contributed by atoms with Crippen molar-refractivity contribution in [1.29, 1.82) is 0 Å². The number of aromatic nitrogens is 2. The number of nitrogens with zero attached hydrogens (tertiary/aromatic N) is 3. The minimum Gasteiger partial charge on any atom is -0.494 e. The number of pyridine rings is 2. The van der Waals surface area contributed by atoms with Gasteiger partial charge >= 0.3 is 0 Å². The first kappa shape index (κ1) is 26.4. The van der Waals surface area contributed by atoms with E-state index in [1.54, 1.807) is 12.1 Å². The Morgan fingerprint density at radius 2 is 2.00 bits per heavy atom. The van der Waals surface area contributed by atoms with Crippen molar-refractivity contribution in [2.75, 3.05) is 23.8 Å². The van der Waals surface area contributed by atoms with E-state index in [1.807, 2.05) is 32.0 Å². The van der Waals surface area contributed by atoms with E-state index in [4.69, 9.17) is 15.5 Å². The lowest BCUT2D eigenvalue weighted by atomic mass is 9.97. The summed E-state index contributed by atoms with van der Waals surface area (Å²) in [6.07, 6.45) is 2.29. The SMILES string of the molecule is CCOc1cc(C)cc(-c2ccc(C(=O)NS(=O)(=O)c3cccnc3N)c(N3C[C@@H](C)CC3(C)C)n2)c1. The van der Waals surface area contributed by atoms with Crippen LogP contribution in [-0.4, -0.2) is 43.0 Å². The molecule has 4 rings (SSSR count). The molecule has 3 aromatic rings. The molecule has 0 unspecified atom stereocenters. The predicted octanol–water partition coefficient (Wildman–Crippen LogP) is 4.18. The highest BCUT2D eigenvalue weighted by Gasteiger charge is 2.39. The molecule has 10 heteroatoms. The van der Waals surface area contributed by atoms with E-state index in [2.05, 4.69) is 35.4 Å². The largest absolute Gasteiger partial charge is 0.494 e. The zero-order valence-corrected chi connectivity index (χ0v) is 22.6. The monoisotopic (exact) mass is 523 g/mol. The number of anilines is 2. The maximum atomic E-state index is 13.4. The fourth-order valence-electron chi connectivity index (χ4n) is 4.96. The van der Waals surface area contributed by atoms with Gasteiger partial charge in [-0.25, -0.2) is 23.1 Å². The minimum atomic E-state index is -4.25. The maximum absolute atomic E-state index is 13.4. The Balaban J connectivity index is 1.80. The third kappa shape index (κ3) is 5.53. The van der Waals surface area contributed by atoms with E-state index in [0.717, 1.165) is 23.3 Å². The molecule has 3 heterocycles. The number of hydrogen-bond acceptors (Lipinski definition) is 8. The van der Waals surface area contributed by atoms with Gasteiger partial charge in [-0.1, -0.05) is 6.92 Å². The first-order chi connectivity index (χ1) is 17.4. The molecule has 0 radical (unpaired) electrons. The summed E-state index contributed by atoms with van der Waals surface area (Å²) < 4.78 is 33.8. The van der Waals surface area contributed by atoms with Gasteiger partial charge in [-0.3, -0.25) is 4.79 Å². The standard InChI is InChI=1S/C27H33N5O4S/c1-6-36-20-13-17(2)12-19(14-20)22-10-9-21(25(30-22)32-16-18(3)15-27(32,4)5)26(33)31-37(34,35)23-8-7-11-29-24(23)28/h7-14,18H,6,15-16H2,1-5H3,(H2,28,29)(H,31,33)/t18-/m0/s1. The second-order valence-corrected chi connectivity index (χ2v) is 11.7. The van der Waals surface area contributed by atoms with Crippen LogP contribution in [0.2, 0.25) is 0 Å². The van der Waals surface area contributed by atoms with Crippen LogP contribution in [0.25, 0.3) is 11.3 Å². The van der Waals surface area contributed by atoms with Crippen molar-refractivity contribution in [3.8, 4) is 17.0 Å². The number of amides is 1. The van der Waals surface area contributed by atoms with Gasteiger partial charge in [0.05, 0.1) is 17.9 Å². The van der Waals surface area contributed by atoms with Gasteiger partial charge < -0.3 is 15.4 Å². The van der Waals surface area contributed by atoms with E-state index in [1.165, 1.54) is 18.3 Å². The molecule has 0 bridgehead atoms. The summed E-state index contributed by atoms with van der Waals surface area (Å²) in [4.78, 5) is 24.0. The number of nitrogen functional groups attached to an aromatic ring is 1. The average molecular weight is 524 g/mol. The quantitative estimate of drug-likeness (QED) is 0.472. The molecule has 0 spiro atoms. The highest BCUT2D eigenvalue weighted by atomic mass is 32.2. The zero-order valence-electron chi connectivity index (χ0n) is 21.8. The van der Waals surface area contributed by atoms with Crippen LogP contribution in [0.15, 0.2) is 53.6 Å². The Morgan fingerprint density at radius 1 is 1.24 bits per heavy atom. The normalized spacial score (nSPS) is 17.0. The van der Waals surface area contributed by atoms with Crippen LogP contribution in [-0.2, 0) is 10.0 Å². The molecule has 1 aromatic carbocycles. The molecule has 1 saturated heterocycles. The highest BCUT2D eigenvalue weighted by molar-refractivity contribution is 7.90. The van der Waals surface area contributed by atoms with Gasteiger partial charge in [-0.05, 0) is 88.1 Å². The Kier molecular flexibility index (Phi) is 7.14. The third-order valence-corrected chi connectivity index (χ3v) is 7.80. The molecular formula is C27H33N5O4S. The maximum Gasteiger partial charge on any atom is 0.268 e. The van der Waals surface area contributed by atoms with Crippen molar-refractivity contribution in [2.24, 2.45) is 5.92 Å². The molecule has 9 nitrogen and oxygen atoms in total. The highest BCUT2D eigenvalue weighted by Crippen LogP contribution is 2.38. The Hall–Kier alpha value is -3.66. The summed E-state index contributed by atoms with van der Waals surface area (Å²) in [5, 5.41) is 0. The van der Waals surface area contributed by atoms with Crippen LogP contribution in [0.1, 0.15) is 50.0 Å². The minimum absolute atomic E-state index is 0.162. The van der Waals surface area contributed by atoms with Gasteiger partial charge in [0.15, 0.2) is 0 Å². The molecule has 196 valence electrons. The first-order valence-corrected chi connectivity index (χ1v) is 13.7. The van der Waals surface area contributed by atoms with Gasteiger partial charge in [0.1, 0.15) is 22.3 Å². The predicted molar refractivity (Wildman–Crippen MR) is 144 cm³/mol. The van der Waals surface area contributed by atoms with Crippen molar-refractivity contribution < 1.29 is 17.9 Å². The third-order valence-electron chi connectivity index (χ3n) is 6.42. The lowest BCUT2D eigenvalue weighted by molar-refractivity contribution is 0.0981. The summed E-state index contributed by atoms with van der Waals surface area (Å²) in [7, 11) is -4.25. The number of hydrogen-bond donors (Lipinski definition) is 2. The molecule has 3 N–H and O–H groups in total. The molecule has 1 aliphatic heterocycles. The second-order valence-electron chi connectivity index (χ2n) is 10.1. The van der Waals surface area contributed by atoms with E-state index in [9.17, 15) is 13.2 Å². The number of carbonyl (C=O) groups is 1. The van der Waals surface area contributed by atoms with Crippen molar-refractivity contribution in [3.63, 3.8) is 0 Å². The lowest BCUT2D eigenvalue weighted by Crippen LogP contribution is -2.41. The van der Waals surface area contributed by atoms with Crippen molar-refractivity contribution in [2.45, 2.75) is 51.5 Å². The van der Waals surface area contributed by atoms with Gasteiger partial charge in [-0.2, -0.15) is 0 Å². The molecule has 1 fully saturated rings. The van der Waals surface area contributed by atoms with Crippen LogP contribution in [0.3, 0.4) is 0 Å². The number of nitrogens with two attached hydrogens (primary N) is 1. The number of rotatable bonds is 7. The van der Waals surface area contributed by atoms with E-state index in [0.29, 0.717) is 30.6 Å². The lowest BCUT2D eigenvalue weighted by Gasteiger charge is -2.34. The molecular weight excluding hydrogens is 490 g/mol. The zero-order chi connectivity index (χ0) is 27.0. The van der Waals surface area contributed by atoms with Crippen molar-refractivity contribution in [3.05, 3.63) is 59.8 Å². The van der Waals surface area contributed by atoms with Crippen LogP contribution in [0.4, 0.5) is 11.6 Å². The molecule has 37 heavy (non-hydrogen) atoms. The fraction of sp³-hybridized carbons (Fsp3) is 0.370. The number of carbonyl (C=O) groups excluding carboxylic acids is 1. The Bertz CT molecular complexity index is 1440. The molecule has 2 aromatic heterocycles. The number of sulfonamides is 1. The first-order valence-electron chi connectivity index (χ1n) is 12.2. The molecule has 0 aliphatic carbocycles. The summed E-state index contributed by atoms with van der Waals surface area (Å²) in [6.45, 7) is 11.5. The van der Waals surface area contributed by atoms with Crippen LogP contribution < -0.4 is 20.1 Å². The fourth-order valence-corrected chi connectivity index (χ4v) is 6.01. The van der Waals surface area contributed by atoms with E-state index >= 15 is 0 Å². The molecule has 1 amide bonds. The van der Waals surface area contributed by atoms with Crippen LogP contribution in [0, 0.1) is 12.8 Å². The summed E-state index contributed by atoms with van der Waals surface area (Å²) in [5.41, 5.74) is 8.16. The van der Waals surface area contributed by atoms with Gasteiger partial charge in [0, 0.05) is 23.8 Å². The summed E-state index contributed by atoms with van der Waals surface area (Å²) in [6, 6.07) is 12.0. The number of nitrogens with one attached hydrogen (secondary N) is 1. The average Bonchev–Trinajstić information content (AvgIpc) is 3.10. The van der Waals surface area contributed by atoms with Crippen LogP contribution in [0.5, 0.6) is 5.75 Å². The van der Waals surface area contributed by atoms with Gasteiger partial charge in [0.25, 0.3) is 15.9 Å². The summed E-state index contributed by atoms with van der Waals surface area (Å²) >= 11 is 0. The number of benzene rings is 1. The molecule has 0 saturated carbocycles. The van der Waals surface area contributed by atoms with Crippen LogP contribution >= 0.6 is 0 Å². The van der Waals surface area contributed by atoms with Crippen molar-refractivity contribution in [1.82, 2.24) is 14.7 Å². The topological polar surface area (TPSA) is 128 Å². The Labute approximate surface area is 218 Å². The molecule has 1 aliphatic rings. The van der Waals surface area contributed by atoms with Gasteiger partial charge in [-0.15, -0.1) is 0 Å². The number of aryl methyl sites for hydroxylation is 1. The van der Waals surface area contributed by atoms with Crippen molar-refractivity contribution >= 4 is 27.6 Å².